The zero-order valence-electron chi connectivity index (χ0n) is 22.5. The first-order chi connectivity index (χ1) is 18.5. The van der Waals surface area contributed by atoms with E-state index in [2.05, 4.69) is 86.6 Å². The van der Waals surface area contributed by atoms with E-state index in [0.717, 1.165) is 34.8 Å². The Morgan fingerprint density at radius 3 is 1.13 bits per heavy atom. The molecule has 4 aromatic rings. The fourth-order valence-corrected chi connectivity index (χ4v) is 8.18. The summed E-state index contributed by atoms with van der Waals surface area (Å²) in [6.45, 7) is 4.20. The van der Waals surface area contributed by atoms with Crippen LogP contribution in [-0.4, -0.2) is 0 Å². The molecule has 4 fully saturated rings. The van der Waals surface area contributed by atoms with Gasteiger partial charge in [0.05, 0.1) is 0 Å². The van der Waals surface area contributed by atoms with Crippen LogP contribution in [0.5, 0.6) is 23.0 Å². The van der Waals surface area contributed by atoms with E-state index in [4.69, 9.17) is 9.47 Å². The van der Waals surface area contributed by atoms with Gasteiger partial charge in [-0.1, -0.05) is 59.7 Å². The highest BCUT2D eigenvalue weighted by Gasteiger charge is 2.58. The van der Waals surface area contributed by atoms with Crippen LogP contribution in [0.1, 0.15) is 60.8 Å². The number of benzene rings is 4. The first-order valence-electron chi connectivity index (χ1n) is 14.2. The summed E-state index contributed by atoms with van der Waals surface area (Å²) in [7, 11) is 0. The second kappa shape index (κ2) is 9.05. The van der Waals surface area contributed by atoms with Gasteiger partial charge in [0.25, 0.3) is 0 Å². The fraction of sp³-hybridized carbons (Fsp3) is 0.333. The van der Waals surface area contributed by atoms with Crippen molar-refractivity contribution in [3.8, 4) is 23.0 Å². The van der Waals surface area contributed by atoms with Gasteiger partial charge in [0.1, 0.15) is 23.0 Å². The molecule has 192 valence electrons. The van der Waals surface area contributed by atoms with Crippen molar-refractivity contribution in [2.45, 2.75) is 63.2 Å². The highest BCUT2D eigenvalue weighted by atomic mass is 16.5. The molecule has 4 aliphatic rings. The number of hydrogen-bond acceptors (Lipinski definition) is 2. The third-order valence-electron chi connectivity index (χ3n) is 9.51. The second-order valence-electron chi connectivity index (χ2n) is 12.4. The normalized spacial score (nSPS) is 27.3. The van der Waals surface area contributed by atoms with Crippen molar-refractivity contribution in [3.05, 3.63) is 119 Å². The second-order valence-corrected chi connectivity index (χ2v) is 12.4. The Balaban J connectivity index is 1.12. The van der Waals surface area contributed by atoms with Crippen molar-refractivity contribution in [1.29, 1.82) is 0 Å². The molecule has 4 bridgehead atoms. The van der Waals surface area contributed by atoms with Crippen molar-refractivity contribution in [3.63, 3.8) is 0 Å². The van der Waals surface area contributed by atoms with E-state index in [1.807, 2.05) is 24.3 Å². The molecule has 2 nitrogen and oxygen atoms in total. The Hall–Kier alpha value is -3.52. The molecule has 0 heterocycles. The van der Waals surface area contributed by atoms with Crippen LogP contribution >= 0.6 is 0 Å². The first kappa shape index (κ1) is 23.6. The molecule has 0 saturated heterocycles. The summed E-state index contributed by atoms with van der Waals surface area (Å²) in [5, 5.41) is 0. The standard InChI is InChI=1S/C36H36O2/c1-25-3-11-31(12-4-25)37-33-15-7-29(8-16-33)35-20-27-19-28(21-35)23-36(22-27,24-35)30-9-17-34(18-10-30)38-32-13-5-26(2)6-14-32/h3-18,27-28H,19-24H2,1-2H3. The summed E-state index contributed by atoms with van der Waals surface area (Å²) in [6.07, 6.45) is 7.99. The van der Waals surface area contributed by atoms with Crippen LogP contribution in [0.4, 0.5) is 0 Å². The van der Waals surface area contributed by atoms with Crippen LogP contribution in [0.3, 0.4) is 0 Å². The van der Waals surface area contributed by atoms with Crippen molar-refractivity contribution in [2.24, 2.45) is 11.8 Å². The van der Waals surface area contributed by atoms with Crippen molar-refractivity contribution in [1.82, 2.24) is 0 Å². The van der Waals surface area contributed by atoms with E-state index < -0.39 is 0 Å². The summed E-state index contributed by atoms with van der Waals surface area (Å²) in [5.74, 6) is 5.27. The third-order valence-corrected chi connectivity index (χ3v) is 9.51. The lowest BCUT2D eigenvalue weighted by Gasteiger charge is -2.62. The molecule has 4 saturated carbocycles. The van der Waals surface area contributed by atoms with E-state index in [1.165, 1.54) is 60.8 Å². The molecule has 4 aromatic carbocycles. The van der Waals surface area contributed by atoms with Gasteiger partial charge in [-0.2, -0.15) is 0 Å². The number of ether oxygens (including phenoxy) is 2. The summed E-state index contributed by atoms with van der Waals surface area (Å²) in [6, 6.07) is 34.7. The predicted octanol–water partition coefficient (Wildman–Crippen LogP) is 9.68. The third kappa shape index (κ3) is 4.30. The average molecular weight is 501 g/mol. The fourth-order valence-electron chi connectivity index (χ4n) is 8.18. The van der Waals surface area contributed by atoms with Gasteiger partial charge in [-0.25, -0.2) is 0 Å². The lowest BCUT2D eigenvalue weighted by molar-refractivity contribution is -0.0281. The zero-order chi connectivity index (χ0) is 25.7. The maximum Gasteiger partial charge on any atom is 0.127 e. The zero-order valence-corrected chi connectivity index (χ0v) is 22.5. The molecule has 38 heavy (non-hydrogen) atoms. The van der Waals surface area contributed by atoms with Gasteiger partial charge in [0.15, 0.2) is 0 Å². The van der Waals surface area contributed by atoms with Crippen LogP contribution in [0.15, 0.2) is 97.1 Å². The molecule has 0 unspecified atom stereocenters. The van der Waals surface area contributed by atoms with E-state index >= 15 is 0 Å². The molecule has 0 radical (unpaired) electrons. The molecule has 0 atom stereocenters. The molecule has 0 spiro atoms. The highest BCUT2D eigenvalue weighted by Crippen LogP contribution is 2.66. The maximum absolute atomic E-state index is 6.14. The molecule has 0 aromatic heterocycles. The monoisotopic (exact) mass is 500 g/mol. The molecule has 8 rings (SSSR count). The van der Waals surface area contributed by atoms with Gasteiger partial charge < -0.3 is 9.47 Å². The summed E-state index contributed by atoms with van der Waals surface area (Å²) in [5.41, 5.74) is 6.07. The van der Waals surface area contributed by atoms with Gasteiger partial charge in [-0.05, 0) is 135 Å². The highest BCUT2D eigenvalue weighted by molar-refractivity contribution is 5.42. The molecule has 2 heteroatoms. The Morgan fingerprint density at radius 1 is 0.474 bits per heavy atom. The van der Waals surface area contributed by atoms with Gasteiger partial charge in [-0.3, -0.25) is 0 Å². The Morgan fingerprint density at radius 2 is 0.789 bits per heavy atom. The van der Waals surface area contributed by atoms with Gasteiger partial charge in [0.2, 0.25) is 0 Å². The minimum Gasteiger partial charge on any atom is -0.457 e. The SMILES string of the molecule is Cc1ccc(Oc2ccc(C34CC5CC(C3)CC(c3ccc(Oc6ccc(C)cc6)cc3)(C5)C4)cc2)cc1. The number of hydrogen-bond donors (Lipinski definition) is 0. The minimum absolute atomic E-state index is 0.281. The van der Waals surface area contributed by atoms with Gasteiger partial charge in [-0.15, -0.1) is 0 Å². The lowest BCUT2D eigenvalue weighted by Crippen LogP contribution is -2.55. The Labute approximate surface area is 226 Å². The van der Waals surface area contributed by atoms with Crippen LogP contribution < -0.4 is 9.47 Å². The van der Waals surface area contributed by atoms with E-state index in [9.17, 15) is 0 Å². The van der Waals surface area contributed by atoms with Gasteiger partial charge in [0, 0.05) is 0 Å². The quantitative estimate of drug-likeness (QED) is 0.262. The Kier molecular flexibility index (Phi) is 5.62. The summed E-state index contributed by atoms with van der Waals surface area (Å²) < 4.78 is 12.3. The smallest absolute Gasteiger partial charge is 0.127 e. The molecule has 0 amide bonds. The Bertz CT molecular complexity index is 1290. The lowest BCUT2D eigenvalue weighted by atomic mass is 9.42. The number of rotatable bonds is 6. The average Bonchev–Trinajstić information content (AvgIpc) is 2.91. The minimum atomic E-state index is 0.281. The molecular weight excluding hydrogens is 464 g/mol. The topological polar surface area (TPSA) is 18.5 Å². The van der Waals surface area contributed by atoms with Crippen LogP contribution in [0.25, 0.3) is 0 Å². The molecular formula is C36H36O2. The molecule has 0 aliphatic heterocycles. The predicted molar refractivity (Wildman–Crippen MR) is 153 cm³/mol. The van der Waals surface area contributed by atoms with Crippen LogP contribution in [0, 0.1) is 25.7 Å². The van der Waals surface area contributed by atoms with E-state index in [-0.39, 0.29) is 10.8 Å². The molecule has 4 aliphatic carbocycles. The summed E-state index contributed by atoms with van der Waals surface area (Å²) >= 11 is 0. The van der Waals surface area contributed by atoms with E-state index in [1.54, 1.807) is 0 Å². The summed E-state index contributed by atoms with van der Waals surface area (Å²) in [4.78, 5) is 0. The number of aryl methyl sites for hydroxylation is 2. The van der Waals surface area contributed by atoms with Crippen LogP contribution in [0.2, 0.25) is 0 Å². The van der Waals surface area contributed by atoms with Crippen molar-refractivity contribution < 1.29 is 9.47 Å². The van der Waals surface area contributed by atoms with E-state index in [0.29, 0.717) is 0 Å². The van der Waals surface area contributed by atoms with Crippen molar-refractivity contribution in [2.75, 3.05) is 0 Å². The maximum atomic E-state index is 6.14. The van der Waals surface area contributed by atoms with Crippen LogP contribution in [-0.2, 0) is 10.8 Å². The largest absolute Gasteiger partial charge is 0.457 e. The van der Waals surface area contributed by atoms with Crippen molar-refractivity contribution >= 4 is 0 Å². The first-order valence-corrected chi connectivity index (χ1v) is 14.2. The molecule has 0 N–H and O–H groups in total. The van der Waals surface area contributed by atoms with Gasteiger partial charge >= 0.3 is 0 Å².